The van der Waals surface area contributed by atoms with E-state index in [-0.39, 0.29) is 0 Å². The van der Waals surface area contributed by atoms with Gasteiger partial charge in [0.1, 0.15) is 17.4 Å². The number of nitrogens with zero attached hydrogens (tertiary/aromatic N) is 2. The van der Waals surface area contributed by atoms with Crippen LogP contribution in [0, 0.1) is 20.8 Å². The van der Waals surface area contributed by atoms with Gasteiger partial charge in [0.05, 0.1) is 0 Å². The van der Waals surface area contributed by atoms with Gasteiger partial charge in [0.15, 0.2) is 0 Å². The van der Waals surface area contributed by atoms with E-state index in [1.165, 1.54) is 11.1 Å². The Kier molecular flexibility index (Phi) is 3.08. The van der Waals surface area contributed by atoms with Crippen molar-refractivity contribution in [2.24, 2.45) is 0 Å². The van der Waals surface area contributed by atoms with Gasteiger partial charge in [-0.2, -0.15) is 4.98 Å². The lowest BCUT2D eigenvalue weighted by atomic mass is 10.1. The van der Waals surface area contributed by atoms with Crippen molar-refractivity contribution < 1.29 is 4.74 Å². The first-order chi connectivity index (χ1) is 9.52. The van der Waals surface area contributed by atoms with Gasteiger partial charge in [-0.05, 0) is 56.4 Å². The molecule has 1 aliphatic carbocycles. The van der Waals surface area contributed by atoms with Crippen LogP contribution in [0.25, 0.3) is 0 Å². The van der Waals surface area contributed by atoms with Gasteiger partial charge in [-0.3, -0.25) is 0 Å². The molecule has 1 saturated carbocycles. The average Bonchev–Trinajstić information content (AvgIpc) is 3.18. The molecular formula is C16H19N3O. The maximum atomic E-state index is 5.94. The summed E-state index contributed by atoms with van der Waals surface area (Å²) in [6.07, 6.45) is 2.29. The second-order valence-electron chi connectivity index (χ2n) is 5.57. The molecule has 0 saturated heterocycles. The minimum absolute atomic E-state index is 0.459. The number of rotatable bonds is 3. The minimum Gasteiger partial charge on any atom is -0.439 e. The fraction of sp³-hybridized carbons (Fsp3) is 0.375. The van der Waals surface area contributed by atoms with Crippen LogP contribution in [0.15, 0.2) is 18.2 Å². The molecule has 2 aromatic rings. The van der Waals surface area contributed by atoms with Gasteiger partial charge < -0.3 is 10.5 Å². The fourth-order valence-corrected chi connectivity index (χ4v) is 2.26. The lowest BCUT2D eigenvalue weighted by Gasteiger charge is -2.12. The first-order valence-electron chi connectivity index (χ1n) is 6.93. The van der Waals surface area contributed by atoms with Crippen molar-refractivity contribution in [3.8, 4) is 11.6 Å². The maximum absolute atomic E-state index is 5.94. The van der Waals surface area contributed by atoms with Gasteiger partial charge in [-0.1, -0.05) is 6.07 Å². The van der Waals surface area contributed by atoms with Crippen LogP contribution in [0.4, 0.5) is 5.82 Å². The summed E-state index contributed by atoms with van der Waals surface area (Å²) in [6, 6.07) is 5.85. The van der Waals surface area contributed by atoms with Gasteiger partial charge >= 0.3 is 0 Å². The largest absolute Gasteiger partial charge is 0.439 e. The van der Waals surface area contributed by atoms with Gasteiger partial charge in [0.2, 0.25) is 5.88 Å². The summed E-state index contributed by atoms with van der Waals surface area (Å²) in [6.45, 7) is 6.19. The Morgan fingerprint density at radius 1 is 1.10 bits per heavy atom. The molecule has 1 aliphatic rings. The van der Waals surface area contributed by atoms with Gasteiger partial charge in [0, 0.05) is 12.0 Å². The lowest BCUT2D eigenvalue weighted by molar-refractivity contribution is 0.455. The van der Waals surface area contributed by atoms with Crippen LogP contribution in [0.2, 0.25) is 0 Å². The van der Waals surface area contributed by atoms with Crippen molar-refractivity contribution in [1.82, 2.24) is 9.97 Å². The van der Waals surface area contributed by atoms with Gasteiger partial charge in [0.25, 0.3) is 0 Å². The molecule has 0 radical (unpaired) electrons. The minimum atomic E-state index is 0.459. The number of nitrogens with two attached hydrogens (primary N) is 1. The molecule has 1 aromatic heterocycles. The van der Waals surface area contributed by atoms with E-state index in [1.54, 1.807) is 6.07 Å². The van der Waals surface area contributed by atoms with E-state index >= 15 is 0 Å². The van der Waals surface area contributed by atoms with Crippen molar-refractivity contribution in [3.05, 3.63) is 40.7 Å². The van der Waals surface area contributed by atoms with Crippen molar-refractivity contribution in [2.45, 2.75) is 39.5 Å². The van der Waals surface area contributed by atoms with Crippen LogP contribution < -0.4 is 10.5 Å². The number of hydrogen-bond acceptors (Lipinski definition) is 4. The molecule has 1 heterocycles. The molecule has 104 valence electrons. The van der Waals surface area contributed by atoms with Crippen molar-refractivity contribution >= 4 is 5.82 Å². The van der Waals surface area contributed by atoms with Crippen molar-refractivity contribution in [2.75, 3.05) is 5.73 Å². The second kappa shape index (κ2) is 4.78. The van der Waals surface area contributed by atoms with E-state index in [2.05, 4.69) is 36.8 Å². The molecule has 3 rings (SSSR count). The SMILES string of the molecule is Cc1cc(C)c(C)c(Oc2cc(N)nc(C3CC3)n2)c1. The summed E-state index contributed by atoms with van der Waals surface area (Å²) >= 11 is 0. The molecule has 0 bridgehead atoms. The first-order valence-corrected chi connectivity index (χ1v) is 6.93. The smallest absolute Gasteiger partial charge is 0.224 e. The molecule has 0 unspecified atom stereocenters. The highest BCUT2D eigenvalue weighted by Gasteiger charge is 2.27. The van der Waals surface area contributed by atoms with E-state index < -0.39 is 0 Å². The predicted octanol–water partition coefficient (Wildman–Crippen LogP) is 3.65. The number of aromatic nitrogens is 2. The highest BCUT2D eigenvalue weighted by atomic mass is 16.5. The summed E-state index contributed by atoms with van der Waals surface area (Å²) < 4.78 is 5.94. The van der Waals surface area contributed by atoms with E-state index in [0.717, 1.165) is 30.0 Å². The third-order valence-corrected chi connectivity index (χ3v) is 3.66. The highest BCUT2D eigenvalue weighted by molar-refractivity contribution is 5.44. The second-order valence-corrected chi connectivity index (χ2v) is 5.57. The molecule has 0 aliphatic heterocycles. The van der Waals surface area contributed by atoms with Crippen molar-refractivity contribution in [1.29, 1.82) is 0 Å². The zero-order valence-electron chi connectivity index (χ0n) is 12.1. The van der Waals surface area contributed by atoms with Crippen molar-refractivity contribution in [3.63, 3.8) is 0 Å². The first kappa shape index (κ1) is 12.9. The third-order valence-electron chi connectivity index (χ3n) is 3.66. The maximum Gasteiger partial charge on any atom is 0.224 e. The van der Waals surface area contributed by atoms with Gasteiger partial charge in [-0.15, -0.1) is 0 Å². The van der Waals surface area contributed by atoms with E-state index in [0.29, 0.717) is 17.6 Å². The Morgan fingerprint density at radius 3 is 2.55 bits per heavy atom. The average molecular weight is 269 g/mol. The van der Waals surface area contributed by atoms with Crippen LogP contribution in [0.1, 0.15) is 41.3 Å². The quantitative estimate of drug-likeness (QED) is 0.923. The van der Waals surface area contributed by atoms with Crippen LogP contribution in [0.5, 0.6) is 11.6 Å². The Bertz CT molecular complexity index is 663. The zero-order chi connectivity index (χ0) is 14.3. The molecule has 0 amide bonds. The molecule has 0 spiro atoms. The topological polar surface area (TPSA) is 61.0 Å². The number of anilines is 1. The Morgan fingerprint density at radius 2 is 1.85 bits per heavy atom. The summed E-state index contributed by atoms with van der Waals surface area (Å²) in [5, 5.41) is 0. The fourth-order valence-electron chi connectivity index (χ4n) is 2.26. The molecular weight excluding hydrogens is 250 g/mol. The molecule has 0 atom stereocenters. The number of benzene rings is 1. The number of nitrogen functional groups attached to an aromatic ring is 1. The monoisotopic (exact) mass is 269 g/mol. The Balaban J connectivity index is 1.95. The number of ether oxygens (including phenoxy) is 1. The van der Waals surface area contributed by atoms with Crippen LogP contribution in [-0.4, -0.2) is 9.97 Å². The standard InChI is InChI=1S/C16H19N3O/c1-9-6-10(2)11(3)13(7-9)20-15-8-14(17)18-16(19-15)12-4-5-12/h6-8,12H,4-5H2,1-3H3,(H2,17,18,19). The highest BCUT2D eigenvalue weighted by Crippen LogP contribution is 2.39. The number of hydrogen-bond donors (Lipinski definition) is 1. The molecule has 4 heteroatoms. The molecule has 1 fully saturated rings. The van der Waals surface area contributed by atoms with Crippen LogP contribution in [0.3, 0.4) is 0 Å². The van der Waals surface area contributed by atoms with E-state index in [9.17, 15) is 0 Å². The van der Waals surface area contributed by atoms with Crippen LogP contribution in [-0.2, 0) is 0 Å². The third kappa shape index (κ3) is 2.59. The van der Waals surface area contributed by atoms with Crippen LogP contribution >= 0.6 is 0 Å². The molecule has 2 N–H and O–H groups in total. The summed E-state index contributed by atoms with van der Waals surface area (Å²) in [5.41, 5.74) is 9.36. The number of aryl methyl sites for hydroxylation is 2. The molecule has 20 heavy (non-hydrogen) atoms. The zero-order valence-corrected chi connectivity index (χ0v) is 12.1. The predicted molar refractivity (Wildman–Crippen MR) is 79.1 cm³/mol. The summed E-state index contributed by atoms with van der Waals surface area (Å²) in [5.74, 6) is 3.11. The molecule has 4 nitrogen and oxygen atoms in total. The van der Waals surface area contributed by atoms with E-state index in [1.807, 2.05) is 6.07 Å². The van der Waals surface area contributed by atoms with E-state index in [4.69, 9.17) is 10.5 Å². The summed E-state index contributed by atoms with van der Waals surface area (Å²) in [4.78, 5) is 8.76. The Labute approximate surface area is 119 Å². The summed E-state index contributed by atoms with van der Waals surface area (Å²) in [7, 11) is 0. The molecule has 1 aromatic carbocycles. The van der Waals surface area contributed by atoms with Gasteiger partial charge in [-0.25, -0.2) is 4.98 Å². The normalized spacial score (nSPS) is 14.3. The Hall–Kier alpha value is -2.10. The lowest BCUT2D eigenvalue weighted by Crippen LogP contribution is -2.01.